The zero-order valence-corrected chi connectivity index (χ0v) is 29.0. The lowest BCUT2D eigenvalue weighted by molar-refractivity contribution is -0.361. The maximum atomic E-state index is 11.0. The summed E-state index contributed by atoms with van der Waals surface area (Å²) in [6, 6.07) is 0. The van der Waals surface area contributed by atoms with Gasteiger partial charge in [-0.15, -0.1) is 0 Å². The SMILES string of the molecule is CCCCCCCCCCC(CO)(CCCCCCCCCC)CO[C@H]1O[C@@H](CO)[C@H](O[C@@H]2O[C@@H](CO)[C@H](O)[C@@H](O)[C@@H]2O)[C@@H](O)[C@@H]1O. The molecule has 0 aliphatic carbocycles. The van der Waals surface area contributed by atoms with Crippen molar-refractivity contribution in [3.05, 3.63) is 0 Å². The van der Waals surface area contributed by atoms with E-state index in [1.165, 1.54) is 64.2 Å². The van der Waals surface area contributed by atoms with Crippen LogP contribution in [0.15, 0.2) is 0 Å². The van der Waals surface area contributed by atoms with E-state index in [0.29, 0.717) is 0 Å². The molecular weight excluding hydrogens is 612 g/mol. The minimum absolute atomic E-state index is 0.0857. The quantitative estimate of drug-likeness (QED) is 0.0623. The summed E-state index contributed by atoms with van der Waals surface area (Å²) in [5, 5.41) is 82.8. The largest absolute Gasteiger partial charge is 0.396 e. The van der Waals surface area contributed by atoms with Gasteiger partial charge in [-0.3, -0.25) is 0 Å². The van der Waals surface area contributed by atoms with E-state index in [-0.39, 0.29) is 13.2 Å². The van der Waals surface area contributed by atoms with Gasteiger partial charge in [0.25, 0.3) is 0 Å². The molecule has 2 rings (SSSR count). The van der Waals surface area contributed by atoms with Crippen molar-refractivity contribution in [3.63, 3.8) is 0 Å². The van der Waals surface area contributed by atoms with Gasteiger partial charge in [0.05, 0.1) is 26.4 Å². The van der Waals surface area contributed by atoms with Gasteiger partial charge < -0.3 is 59.8 Å². The van der Waals surface area contributed by atoms with Gasteiger partial charge in [-0.1, -0.05) is 117 Å². The average molecular weight is 681 g/mol. The van der Waals surface area contributed by atoms with Gasteiger partial charge in [-0.05, 0) is 12.8 Å². The Labute approximate surface area is 282 Å². The van der Waals surface area contributed by atoms with E-state index < -0.39 is 80.0 Å². The molecule has 2 fully saturated rings. The molecule has 0 aromatic heterocycles. The fraction of sp³-hybridized carbons (Fsp3) is 1.00. The van der Waals surface area contributed by atoms with Gasteiger partial charge in [0, 0.05) is 5.41 Å². The number of rotatable bonds is 26. The Bertz CT molecular complexity index is 751. The van der Waals surface area contributed by atoms with Crippen LogP contribution in [-0.4, -0.2) is 129 Å². The van der Waals surface area contributed by atoms with Crippen LogP contribution in [0, 0.1) is 5.41 Å². The predicted molar refractivity (Wildman–Crippen MR) is 176 cm³/mol. The summed E-state index contributed by atoms with van der Waals surface area (Å²) in [4.78, 5) is 0. The van der Waals surface area contributed by atoms with Gasteiger partial charge in [0.1, 0.15) is 48.8 Å². The first kappa shape index (κ1) is 42.7. The minimum Gasteiger partial charge on any atom is -0.396 e. The Balaban J connectivity index is 2.00. The van der Waals surface area contributed by atoms with Crippen molar-refractivity contribution in [2.24, 2.45) is 5.41 Å². The topological polar surface area (TPSA) is 199 Å². The number of hydrogen-bond donors (Lipinski definition) is 8. The first-order valence-corrected chi connectivity index (χ1v) is 18.5. The van der Waals surface area contributed by atoms with Crippen molar-refractivity contribution >= 4 is 0 Å². The van der Waals surface area contributed by atoms with Crippen molar-refractivity contribution < 1.29 is 59.8 Å². The van der Waals surface area contributed by atoms with Crippen LogP contribution in [0.5, 0.6) is 0 Å². The van der Waals surface area contributed by atoms with Crippen molar-refractivity contribution in [1.29, 1.82) is 0 Å². The summed E-state index contributed by atoms with van der Waals surface area (Å²) >= 11 is 0. The van der Waals surface area contributed by atoms with Crippen molar-refractivity contribution in [2.75, 3.05) is 26.4 Å². The van der Waals surface area contributed by atoms with Gasteiger partial charge in [-0.2, -0.15) is 0 Å². The molecule has 2 heterocycles. The highest BCUT2D eigenvalue weighted by atomic mass is 16.7. The minimum atomic E-state index is -1.73. The third-order valence-corrected chi connectivity index (χ3v) is 9.97. The molecule has 2 aliphatic rings. The van der Waals surface area contributed by atoms with Crippen LogP contribution in [0.25, 0.3) is 0 Å². The molecule has 280 valence electrons. The predicted octanol–water partition coefficient (Wildman–Crippen LogP) is 2.67. The number of aliphatic hydroxyl groups is 8. The zero-order valence-electron chi connectivity index (χ0n) is 29.0. The maximum absolute atomic E-state index is 11.0. The second-order valence-electron chi connectivity index (χ2n) is 13.9. The van der Waals surface area contributed by atoms with Crippen LogP contribution in [0.3, 0.4) is 0 Å². The number of aliphatic hydroxyl groups excluding tert-OH is 8. The first-order chi connectivity index (χ1) is 22.7. The van der Waals surface area contributed by atoms with E-state index in [9.17, 15) is 40.9 Å². The van der Waals surface area contributed by atoms with E-state index in [1.807, 2.05) is 0 Å². The van der Waals surface area contributed by atoms with Gasteiger partial charge in [0.2, 0.25) is 0 Å². The molecule has 0 unspecified atom stereocenters. The van der Waals surface area contributed by atoms with E-state index in [0.717, 1.165) is 51.4 Å². The summed E-state index contributed by atoms with van der Waals surface area (Å²) in [6.07, 6.45) is 5.23. The van der Waals surface area contributed by atoms with Crippen molar-refractivity contribution in [2.45, 2.75) is 191 Å². The molecule has 0 bridgehead atoms. The van der Waals surface area contributed by atoms with Crippen LogP contribution >= 0.6 is 0 Å². The summed E-state index contributed by atoms with van der Waals surface area (Å²) in [5.74, 6) is 0. The Morgan fingerprint density at radius 2 is 0.957 bits per heavy atom. The van der Waals surface area contributed by atoms with Crippen LogP contribution < -0.4 is 0 Å². The highest BCUT2D eigenvalue weighted by molar-refractivity contribution is 4.94. The molecule has 2 aliphatic heterocycles. The monoisotopic (exact) mass is 680 g/mol. The van der Waals surface area contributed by atoms with Gasteiger partial charge in [0.15, 0.2) is 12.6 Å². The highest BCUT2D eigenvalue weighted by Crippen LogP contribution is 2.35. The normalized spacial score (nSPS) is 31.8. The van der Waals surface area contributed by atoms with E-state index >= 15 is 0 Å². The molecule has 2 saturated heterocycles. The lowest BCUT2D eigenvalue weighted by atomic mass is 9.79. The Morgan fingerprint density at radius 1 is 0.511 bits per heavy atom. The maximum Gasteiger partial charge on any atom is 0.187 e. The second kappa shape index (κ2) is 23.8. The second-order valence-corrected chi connectivity index (χ2v) is 13.9. The van der Waals surface area contributed by atoms with Gasteiger partial charge >= 0.3 is 0 Å². The number of unbranched alkanes of at least 4 members (excludes halogenated alkanes) is 14. The average Bonchev–Trinajstić information content (AvgIpc) is 3.08. The molecule has 12 heteroatoms. The molecule has 0 aromatic carbocycles. The van der Waals surface area contributed by atoms with Crippen LogP contribution in [0.1, 0.15) is 129 Å². The van der Waals surface area contributed by atoms with E-state index in [2.05, 4.69) is 13.8 Å². The highest BCUT2D eigenvalue weighted by Gasteiger charge is 2.51. The van der Waals surface area contributed by atoms with Crippen LogP contribution in [0.4, 0.5) is 0 Å². The third-order valence-electron chi connectivity index (χ3n) is 9.97. The lowest BCUT2D eigenvalue weighted by Crippen LogP contribution is -2.64. The molecule has 8 N–H and O–H groups in total. The molecular formula is C35H68O12. The Hall–Kier alpha value is -0.480. The summed E-state index contributed by atoms with van der Waals surface area (Å²) in [6.45, 7) is 3.14. The summed E-state index contributed by atoms with van der Waals surface area (Å²) in [7, 11) is 0. The fourth-order valence-corrected chi connectivity index (χ4v) is 6.69. The molecule has 0 amide bonds. The van der Waals surface area contributed by atoms with Crippen LogP contribution in [-0.2, 0) is 18.9 Å². The molecule has 0 saturated carbocycles. The lowest BCUT2D eigenvalue weighted by Gasteiger charge is -2.46. The first-order valence-electron chi connectivity index (χ1n) is 18.5. The molecule has 47 heavy (non-hydrogen) atoms. The summed E-state index contributed by atoms with van der Waals surface area (Å²) in [5.41, 5.74) is -0.545. The number of ether oxygens (including phenoxy) is 4. The third kappa shape index (κ3) is 14.0. The zero-order chi connectivity index (χ0) is 34.7. The molecule has 10 atom stereocenters. The molecule has 0 spiro atoms. The van der Waals surface area contributed by atoms with Crippen molar-refractivity contribution in [3.8, 4) is 0 Å². The smallest absolute Gasteiger partial charge is 0.187 e. The van der Waals surface area contributed by atoms with E-state index in [4.69, 9.17) is 18.9 Å². The van der Waals surface area contributed by atoms with Gasteiger partial charge in [-0.25, -0.2) is 0 Å². The Morgan fingerprint density at radius 3 is 1.43 bits per heavy atom. The number of hydrogen-bond acceptors (Lipinski definition) is 12. The van der Waals surface area contributed by atoms with E-state index in [1.54, 1.807) is 0 Å². The fourth-order valence-electron chi connectivity index (χ4n) is 6.69. The molecule has 0 aromatic rings. The van der Waals surface area contributed by atoms with Crippen LogP contribution in [0.2, 0.25) is 0 Å². The molecule has 0 radical (unpaired) electrons. The molecule has 12 nitrogen and oxygen atoms in total. The Kier molecular flexibility index (Phi) is 21.7. The van der Waals surface area contributed by atoms with Crippen molar-refractivity contribution in [1.82, 2.24) is 0 Å². The standard InChI is InChI=1S/C35H68O12/c1-3-5-7-9-11-13-15-17-19-35(23-38,20-18-16-14-12-10-8-6-4-2)24-44-33-31(43)29(41)32(26(22-37)46-33)47-34-30(42)28(40)27(39)25(21-36)45-34/h25-34,36-43H,3-24H2,1-2H3/t25-,26-,27-,28+,29-,30-,31-,32-,33-,34-/m0/s1. The summed E-state index contributed by atoms with van der Waals surface area (Å²) < 4.78 is 23.0.